The maximum atomic E-state index is 12.4. The fourth-order valence-electron chi connectivity index (χ4n) is 3.75. The summed E-state index contributed by atoms with van der Waals surface area (Å²) in [4.78, 5) is 25.4. The lowest BCUT2D eigenvalue weighted by Gasteiger charge is -2.13. The Balaban J connectivity index is 1.34. The van der Waals surface area contributed by atoms with Crippen molar-refractivity contribution in [2.24, 2.45) is 0 Å². The highest BCUT2D eigenvalue weighted by Crippen LogP contribution is 2.28. The van der Waals surface area contributed by atoms with Crippen LogP contribution in [0.15, 0.2) is 73.2 Å². The predicted molar refractivity (Wildman–Crippen MR) is 131 cm³/mol. The zero-order valence-electron chi connectivity index (χ0n) is 19.0. The highest BCUT2D eigenvalue weighted by Gasteiger charge is 2.31. The van der Waals surface area contributed by atoms with E-state index in [1.165, 1.54) is 30.5 Å². The SMILES string of the molecule is CC(OC(=O)Nc1ccc2c(ccc3c2ncn3-c2ccc(OC(F)(F)F)cc2)n1)c1ccc(Cl)cn1. The standard InChI is InChI=1S/C25H17ClF3N5O3/c1-14(19-8-2-15(26)12-30-19)36-24(35)33-22-11-7-18-20(32-22)9-10-21-23(18)31-13-34(21)16-3-5-17(6-4-16)37-25(27,28)29/h2-14H,1H3,(H,32,33,35). The van der Waals surface area contributed by atoms with Crippen molar-refractivity contribution in [1.82, 2.24) is 19.5 Å². The van der Waals surface area contributed by atoms with Crippen LogP contribution in [0.5, 0.6) is 5.75 Å². The van der Waals surface area contributed by atoms with Gasteiger partial charge >= 0.3 is 12.5 Å². The summed E-state index contributed by atoms with van der Waals surface area (Å²) in [6.45, 7) is 1.69. The molecule has 0 spiro atoms. The molecule has 8 nitrogen and oxygen atoms in total. The second kappa shape index (κ2) is 9.58. The molecule has 188 valence electrons. The molecule has 0 saturated carbocycles. The Morgan fingerprint density at radius 2 is 1.81 bits per heavy atom. The number of fused-ring (bicyclic) bond motifs is 3. The van der Waals surface area contributed by atoms with E-state index in [4.69, 9.17) is 16.3 Å². The second-order valence-electron chi connectivity index (χ2n) is 7.93. The van der Waals surface area contributed by atoms with Crippen LogP contribution < -0.4 is 10.1 Å². The lowest BCUT2D eigenvalue weighted by molar-refractivity contribution is -0.274. The first-order valence-electron chi connectivity index (χ1n) is 10.9. The number of hydrogen-bond donors (Lipinski definition) is 1. The van der Waals surface area contributed by atoms with E-state index in [9.17, 15) is 18.0 Å². The number of anilines is 1. The molecular weight excluding hydrogens is 511 g/mol. The molecule has 5 aromatic rings. The summed E-state index contributed by atoms with van der Waals surface area (Å²) < 4.78 is 48.3. The quantitative estimate of drug-likeness (QED) is 0.269. The van der Waals surface area contributed by atoms with E-state index in [0.29, 0.717) is 27.4 Å². The number of carbonyl (C=O) groups excluding carboxylic acids is 1. The van der Waals surface area contributed by atoms with Gasteiger partial charge in [-0.25, -0.2) is 14.8 Å². The average molecular weight is 528 g/mol. The lowest BCUT2D eigenvalue weighted by Crippen LogP contribution is -2.17. The molecule has 1 amide bonds. The maximum Gasteiger partial charge on any atom is 0.573 e. The monoisotopic (exact) mass is 527 g/mol. The van der Waals surface area contributed by atoms with Crippen LogP contribution in [0.25, 0.3) is 27.6 Å². The highest BCUT2D eigenvalue weighted by atomic mass is 35.5. The van der Waals surface area contributed by atoms with Gasteiger partial charge in [-0.2, -0.15) is 0 Å². The summed E-state index contributed by atoms with van der Waals surface area (Å²) in [5.41, 5.74) is 3.10. The molecule has 1 unspecified atom stereocenters. The van der Waals surface area contributed by atoms with Crippen molar-refractivity contribution in [2.75, 3.05) is 5.32 Å². The Morgan fingerprint density at radius 3 is 2.51 bits per heavy atom. The van der Waals surface area contributed by atoms with Crippen LogP contribution >= 0.6 is 11.6 Å². The number of hydrogen-bond acceptors (Lipinski definition) is 6. The summed E-state index contributed by atoms with van der Waals surface area (Å²) in [6, 6.07) is 15.7. The van der Waals surface area contributed by atoms with Crippen molar-refractivity contribution >= 4 is 45.4 Å². The summed E-state index contributed by atoms with van der Waals surface area (Å²) >= 11 is 5.84. The molecule has 0 radical (unpaired) electrons. The van der Waals surface area contributed by atoms with E-state index in [-0.39, 0.29) is 11.6 Å². The van der Waals surface area contributed by atoms with E-state index in [1.54, 1.807) is 54.2 Å². The highest BCUT2D eigenvalue weighted by molar-refractivity contribution is 6.30. The fraction of sp³-hybridized carbons (Fsp3) is 0.120. The molecule has 0 aliphatic rings. The normalized spacial score (nSPS) is 12.5. The number of imidazole rings is 1. The molecule has 12 heteroatoms. The summed E-state index contributed by atoms with van der Waals surface area (Å²) in [5.74, 6) is -0.0273. The van der Waals surface area contributed by atoms with Gasteiger partial charge in [-0.15, -0.1) is 13.2 Å². The van der Waals surface area contributed by atoms with Crippen LogP contribution in [0, 0.1) is 0 Å². The molecule has 5 rings (SSSR count). The Bertz CT molecular complexity index is 1590. The summed E-state index contributed by atoms with van der Waals surface area (Å²) in [6.07, 6.45) is -3.01. The Labute approximate surface area is 212 Å². The molecule has 2 aromatic carbocycles. The van der Waals surface area contributed by atoms with Gasteiger partial charge in [0.15, 0.2) is 0 Å². The van der Waals surface area contributed by atoms with Crippen molar-refractivity contribution in [3.63, 3.8) is 0 Å². The number of ether oxygens (including phenoxy) is 2. The van der Waals surface area contributed by atoms with Gasteiger partial charge < -0.3 is 9.47 Å². The minimum Gasteiger partial charge on any atom is -0.440 e. The third-order valence-electron chi connectivity index (χ3n) is 5.41. The molecular formula is C25H17ClF3N5O3. The van der Waals surface area contributed by atoms with E-state index < -0.39 is 18.6 Å². The minimum atomic E-state index is -4.76. The molecule has 0 fully saturated rings. The van der Waals surface area contributed by atoms with E-state index in [1.807, 2.05) is 0 Å². The minimum absolute atomic E-state index is 0.285. The summed E-state index contributed by atoms with van der Waals surface area (Å²) in [5, 5.41) is 3.81. The third-order valence-corrected chi connectivity index (χ3v) is 5.64. The number of halogens is 4. The van der Waals surface area contributed by atoms with E-state index in [2.05, 4.69) is 25.0 Å². The number of rotatable bonds is 5. The molecule has 37 heavy (non-hydrogen) atoms. The smallest absolute Gasteiger partial charge is 0.440 e. The first-order valence-corrected chi connectivity index (χ1v) is 11.3. The number of alkyl halides is 3. The molecule has 0 aliphatic carbocycles. The Kier molecular flexibility index (Phi) is 6.30. The Morgan fingerprint density at radius 1 is 1.03 bits per heavy atom. The van der Waals surface area contributed by atoms with Gasteiger partial charge in [0.25, 0.3) is 0 Å². The molecule has 3 aromatic heterocycles. The number of aromatic nitrogens is 4. The van der Waals surface area contributed by atoms with Gasteiger partial charge in [-0.3, -0.25) is 14.9 Å². The van der Waals surface area contributed by atoms with Crippen LogP contribution in [0.4, 0.5) is 23.8 Å². The second-order valence-corrected chi connectivity index (χ2v) is 8.36. The zero-order chi connectivity index (χ0) is 26.2. The summed E-state index contributed by atoms with van der Waals surface area (Å²) in [7, 11) is 0. The van der Waals surface area contributed by atoms with Gasteiger partial charge in [0.05, 0.1) is 27.3 Å². The van der Waals surface area contributed by atoms with Crippen molar-refractivity contribution in [3.05, 3.63) is 83.9 Å². The number of amides is 1. The molecule has 1 N–H and O–H groups in total. The van der Waals surface area contributed by atoms with Gasteiger partial charge in [-0.1, -0.05) is 11.6 Å². The number of carbonyl (C=O) groups is 1. The van der Waals surface area contributed by atoms with Gasteiger partial charge in [-0.05, 0) is 67.6 Å². The largest absolute Gasteiger partial charge is 0.573 e. The number of pyridine rings is 2. The lowest BCUT2D eigenvalue weighted by atomic mass is 10.2. The number of benzene rings is 2. The number of nitrogens with one attached hydrogen (secondary N) is 1. The van der Waals surface area contributed by atoms with Crippen molar-refractivity contribution in [2.45, 2.75) is 19.4 Å². The van der Waals surface area contributed by atoms with E-state index in [0.717, 1.165) is 10.9 Å². The first kappa shape index (κ1) is 24.3. The van der Waals surface area contributed by atoms with Crippen LogP contribution in [-0.4, -0.2) is 32.0 Å². The zero-order valence-corrected chi connectivity index (χ0v) is 19.8. The molecule has 0 saturated heterocycles. The molecule has 3 heterocycles. The average Bonchev–Trinajstić information content (AvgIpc) is 3.28. The Hall–Kier alpha value is -4.38. The van der Waals surface area contributed by atoms with Crippen LogP contribution in [0.1, 0.15) is 18.7 Å². The maximum absolute atomic E-state index is 12.4. The van der Waals surface area contributed by atoms with Gasteiger partial charge in [0, 0.05) is 17.3 Å². The predicted octanol–water partition coefficient (Wildman–Crippen LogP) is 6.83. The van der Waals surface area contributed by atoms with Crippen LogP contribution in [0.2, 0.25) is 5.02 Å². The fourth-order valence-corrected chi connectivity index (χ4v) is 3.86. The first-order chi connectivity index (χ1) is 17.7. The van der Waals surface area contributed by atoms with Crippen LogP contribution in [-0.2, 0) is 4.74 Å². The van der Waals surface area contributed by atoms with Crippen molar-refractivity contribution in [3.8, 4) is 11.4 Å². The van der Waals surface area contributed by atoms with E-state index >= 15 is 0 Å². The van der Waals surface area contributed by atoms with Gasteiger partial charge in [0.2, 0.25) is 0 Å². The van der Waals surface area contributed by atoms with Crippen molar-refractivity contribution in [1.29, 1.82) is 0 Å². The van der Waals surface area contributed by atoms with Crippen LogP contribution in [0.3, 0.4) is 0 Å². The molecule has 0 bridgehead atoms. The van der Waals surface area contributed by atoms with Crippen molar-refractivity contribution < 1.29 is 27.4 Å². The van der Waals surface area contributed by atoms with Gasteiger partial charge in [0.1, 0.15) is 24.0 Å². The number of nitrogens with zero attached hydrogens (tertiary/aromatic N) is 4. The molecule has 0 aliphatic heterocycles. The topological polar surface area (TPSA) is 91.2 Å². The molecule has 1 atom stereocenters. The third kappa shape index (κ3) is 5.41.